The van der Waals surface area contributed by atoms with Crippen LogP contribution in [0, 0.1) is 0 Å². The molecule has 0 radical (unpaired) electrons. The average Bonchev–Trinajstić information content (AvgIpc) is 3.26. The van der Waals surface area contributed by atoms with E-state index in [2.05, 4.69) is 9.98 Å². The number of nitrogens with zero attached hydrogens (tertiary/aromatic N) is 3. The molecule has 4 rings (SSSR count). The molecule has 1 aromatic heterocycles. The van der Waals surface area contributed by atoms with Crippen LogP contribution in [0.25, 0.3) is 0 Å². The van der Waals surface area contributed by atoms with E-state index in [0.29, 0.717) is 5.76 Å². The molecule has 0 saturated carbocycles. The predicted octanol–water partition coefficient (Wildman–Crippen LogP) is 5.81. The molecule has 0 bridgehead atoms. The minimum Gasteiger partial charge on any atom is -0.467 e. The summed E-state index contributed by atoms with van der Waals surface area (Å²) in [6, 6.07) is 17.9. The molecular weight excluding hydrogens is 436 g/mol. The molecule has 0 atom stereocenters. The normalized spacial score (nSPS) is 16.5. The van der Waals surface area contributed by atoms with Gasteiger partial charge in [-0.3, -0.25) is 0 Å². The van der Waals surface area contributed by atoms with Crippen molar-refractivity contribution in [3.63, 3.8) is 0 Å². The first-order valence-electron chi connectivity index (χ1n) is 9.36. The Hall–Kier alpha value is -3.56. The molecule has 4 nitrogen and oxygen atoms in total. The maximum absolute atomic E-state index is 14.0. The first kappa shape index (κ1) is 21.7. The predicted molar refractivity (Wildman–Crippen MR) is 105 cm³/mol. The van der Waals surface area contributed by atoms with E-state index >= 15 is 0 Å². The van der Waals surface area contributed by atoms with E-state index in [-0.39, 0.29) is 17.7 Å². The smallest absolute Gasteiger partial charge is 0.443 e. The molecule has 166 valence electrons. The van der Waals surface area contributed by atoms with E-state index < -0.39 is 29.7 Å². The second-order valence-electron chi connectivity index (χ2n) is 6.94. The number of aliphatic imine (C=N–C) groups is 2. The highest BCUT2D eigenvalue weighted by Crippen LogP contribution is 2.49. The Labute approximate surface area is 178 Å². The fourth-order valence-corrected chi connectivity index (χ4v) is 3.29. The summed E-state index contributed by atoms with van der Waals surface area (Å²) in [5, 5.41) is 0. The van der Waals surface area contributed by atoms with Crippen LogP contribution in [-0.2, 0) is 6.54 Å². The molecule has 0 aliphatic carbocycles. The van der Waals surface area contributed by atoms with Crippen molar-refractivity contribution in [2.45, 2.75) is 24.6 Å². The van der Waals surface area contributed by atoms with E-state index in [0.717, 1.165) is 0 Å². The zero-order valence-electron chi connectivity index (χ0n) is 16.2. The molecule has 1 aliphatic heterocycles. The Kier molecular flexibility index (Phi) is 5.31. The molecule has 0 fully saturated rings. The number of amidine groups is 2. The van der Waals surface area contributed by atoms with Gasteiger partial charge in [-0.25, -0.2) is 9.98 Å². The van der Waals surface area contributed by atoms with Gasteiger partial charge in [0.15, 0.2) is 0 Å². The van der Waals surface area contributed by atoms with Gasteiger partial charge in [0.25, 0.3) is 0 Å². The third-order valence-corrected chi connectivity index (χ3v) is 4.80. The second kappa shape index (κ2) is 7.85. The van der Waals surface area contributed by atoms with Gasteiger partial charge >= 0.3 is 18.0 Å². The molecule has 10 heteroatoms. The SMILES string of the molecule is FC(F)(F)C1(C(F)(F)F)N=C(c2ccccc2)N(Cc2ccco2)C(c2ccccc2)=N1. The van der Waals surface area contributed by atoms with Crippen molar-refractivity contribution in [2.75, 3.05) is 0 Å². The van der Waals surface area contributed by atoms with E-state index in [9.17, 15) is 26.3 Å². The molecule has 1 aliphatic rings. The van der Waals surface area contributed by atoms with Crippen LogP contribution < -0.4 is 0 Å². The molecule has 0 saturated heterocycles. The van der Waals surface area contributed by atoms with Gasteiger partial charge in [-0.2, -0.15) is 26.3 Å². The summed E-state index contributed by atoms with van der Waals surface area (Å²) in [7, 11) is 0. The lowest BCUT2D eigenvalue weighted by Gasteiger charge is -2.39. The van der Waals surface area contributed by atoms with Crippen molar-refractivity contribution >= 4 is 11.7 Å². The molecule has 3 aromatic rings. The minimum atomic E-state index is -5.83. The first-order chi connectivity index (χ1) is 15.1. The molecule has 0 amide bonds. The monoisotopic (exact) mass is 451 g/mol. The summed E-state index contributed by atoms with van der Waals surface area (Å²) >= 11 is 0. The second-order valence-corrected chi connectivity index (χ2v) is 6.94. The number of hydrogen-bond acceptors (Lipinski definition) is 4. The molecule has 2 heterocycles. The van der Waals surface area contributed by atoms with Crippen molar-refractivity contribution in [3.05, 3.63) is 95.9 Å². The molecule has 2 aromatic carbocycles. The fraction of sp³-hybridized carbons (Fsp3) is 0.182. The van der Waals surface area contributed by atoms with E-state index in [4.69, 9.17) is 4.42 Å². The Balaban J connectivity index is 2.02. The lowest BCUT2D eigenvalue weighted by Crippen LogP contribution is -2.59. The number of alkyl halides is 6. The first-order valence-corrected chi connectivity index (χ1v) is 9.36. The van der Waals surface area contributed by atoms with Crippen LogP contribution in [0.4, 0.5) is 26.3 Å². The Bertz CT molecular complexity index is 1050. The summed E-state index contributed by atoms with van der Waals surface area (Å²) in [6.45, 7) is -0.180. The topological polar surface area (TPSA) is 41.1 Å². The van der Waals surface area contributed by atoms with Crippen LogP contribution in [0.2, 0.25) is 0 Å². The maximum Gasteiger partial charge on any atom is 0.443 e. The van der Waals surface area contributed by atoms with Crippen LogP contribution in [0.3, 0.4) is 0 Å². The van der Waals surface area contributed by atoms with Gasteiger partial charge in [0.2, 0.25) is 0 Å². The summed E-state index contributed by atoms with van der Waals surface area (Å²) < 4.78 is 89.3. The van der Waals surface area contributed by atoms with Gasteiger partial charge in [-0.1, -0.05) is 60.7 Å². The lowest BCUT2D eigenvalue weighted by atomic mass is 10.0. The van der Waals surface area contributed by atoms with Crippen molar-refractivity contribution in [1.82, 2.24) is 4.90 Å². The largest absolute Gasteiger partial charge is 0.467 e. The van der Waals surface area contributed by atoms with Crippen molar-refractivity contribution in [2.24, 2.45) is 9.98 Å². The van der Waals surface area contributed by atoms with E-state index in [1.165, 1.54) is 59.7 Å². The van der Waals surface area contributed by atoms with Crippen LogP contribution in [0.5, 0.6) is 0 Å². The highest BCUT2D eigenvalue weighted by molar-refractivity contribution is 6.16. The summed E-state index contributed by atoms with van der Waals surface area (Å²) in [5.74, 6) is -0.736. The highest BCUT2D eigenvalue weighted by Gasteiger charge is 2.74. The number of benzene rings is 2. The Morgan fingerprint density at radius 1 is 0.688 bits per heavy atom. The summed E-state index contributed by atoms with van der Waals surface area (Å²) in [5.41, 5.74) is -4.52. The quantitative estimate of drug-likeness (QED) is 0.470. The van der Waals surface area contributed by atoms with Gasteiger partial charge in [-0.05, 0) is 12.1 Å². The Morgan fingerprint density at radius 2 is 1.16 bits per heavy atom. The van der Waals surface area contributed by atoms with E-state index in [1.807, 2.05) is 0 Å². The van der Waals surface area contributed by atoms with Crippen LogP contribution in [0.1, 0.15) is 16.9 Å². The number of furan rings is 1. The molecule has 32 heavy (non-hydrogen) atoms. The minimum absolute atomic E-state index is 0.0697. The fourth-order valence-electron chi connectivity index (χ4n) is 3.29. The summed E-state index contributed by atoms with van der Waals surface area (Å²) in [6.07, 6.45) is -10.3. The highest BCUT2D eigenvalue weighted by atomic mass is 19.4. The lowest BCUT2D eigenvalue weighted by molar-refractivity contribution is -0.293. The zero-order chi connectivity index (χ0) is 23.0. The zero-order valence-corrected chi connectivity index (χ0v) is 16.2. The number of rotatable bonds is 4. The van der Waals surface area contributed by atoms with Gasteiger partial charge in [-0.15, -0.1) is 0 Å². The van der Waals surface area contributed by atoms with Gasteiger partial charge in [0.05, 0.1) is 12.8 Å². The molecular formula is C22H15F6N3O. The Morgan fingerprint density at radius 3 is 1.53 bits per heavy atom. The van der Waals surface area contributed by atoms with Crippen LogP contribution in [0.15, 0.2) is 93.5 Å². The van der Waals surface area contributed by atoms with Gasteiger partial charge < -0.3 is 9.32 Å². The third-order valence-electron chi connectivity index (χ3n) is 4.80. The number of halogens is 6. The maximum atomic E-state index is 14.0. The molecule has 0 N–H and O–H groups in total. The van der Waals surface area contributed by atoms with Gasteiger partial charge in [0.1, 0.15) is 17.4 Å². The van der Waals surface area contributed by atoms with Crippen LogP contribution in [-0.4, -0.2) is 34.6 Å². The third kappa shape index (κ3) is 3.76. The van der Waals surface area contributed by atoms with Gasteiger partial charge in [0, 0.05) is 11.1 Å². The van der Waals surface area contributed by atoms with Crippen molar-refractivity contribution in [1.29, 1.82) is 0 Å². The summed E-state index contributed by atoms with van der Waals surface area (Å²) in [4.78, 5) is 7.65. The number of hydrogen-bond donors (Lipinski definition) is 0. The van der Waals surface area contributed by atoms with Crippen molar-refractivity contribution < 1.29 is 30.8 Å². The average molecular weight is 451 g/mol. The van der Waals surface area contributed by atoms with Crippen molar-refractivity contribution in [3.8, 4) is 0 Å². The molecule has 0 spiro atoms. The van der Waals surface area contributed by atoms with Crippen LogP contribution >= 0.6 is 0 Å². The van der Waals surface area contributed by atoms with E-state index in [1.54, 1.807) is 24.3 Å². The standard InChI is InChI=1S/C22H15F6N3O/c23-21(24,25)20(22(26,27)28)29-18(15-8-3-1-4-9-15)31(14-17-12-7-13-32-17)19(30-20)16-10-5-2-6-11-16/h1-13H,14H2. The molecule has 0 unspecified atom stereocenters.